The molecule has 0 N–H and O–H groups in total. The zero-order chi connectivity index (χ0) is 11.5. The second-order valence-corrected chi connectivity index (χ2v) is 4.74. The molecule has 16 heavy (non-hydrogen) atoms. The van der Waals surface area contributed by atoms with Crippen LogP contribution in [-0.2, 0) is 0 Å². The van der Waals surface area contributed by atoms with Crippen molar-refractivity contribution >= 4 is 5.69 Å². The van der Waals surface area contributed by atoms with Crippen molar-refractivity contribution in [2.24, 2.45) is 11.8 Å². The Hall–Kier alpha value is -1.56. The molecule has 1 aromatic heterocycles. The predicted molar refractivity (Wildman–Crippen MR) is 64.1 cm³/mol. The first-order chi connectivity index (χ1) is 7.72. The molecule has 0 aliphatic carbocycles. The molecule has 0 amide bonds. The van der Waals surface area contributed by atoms with Gasteiger partial charge in [0.05, 0.1) is 17.4 Å². The van der Waals surface area contributed by atoms with Crippen LogP contribution in [0, 0.1) is 23.2 Å². The van der Waals surface area contributed by atoms with Crippen LogP contribution in [0.5, 0.6) is 0 Å². The van der Waals surface area contributed by atoms with Crippen LogP contribution in [0.2, 0.25) is 0 Å². The normalized spacial score (nSPS) is 20.1. The fraction of sp³-hybridized carbons (Fsp3) is 0.538. The molecule has 1 aromatic rings. The van der Waals surface area contributed by atoms with E-state index in [1.54, 1.807) is 18.5 Å². The molecule has 0 spiro atoms. The summed E-state index contributed by atoms with van der Waals surface area (Å²) in [5.74, 6) is 1.46. The lowest BCUT2D eigenvalue weighted by Crippen LogP contribution is -2.22. The van der Waals surface area contributed by atoms with Gasteiger partial charge in [0.2, 0.25) is 0 Å². The number of pyridine rings is 1. The van der Waals surface area contributed by atoms with E-state index < -0.39 is 0 Å². The van der Waals surface area contributed by atoms with Gasteiger partial charge in [-0.3, -0.25) is 4.98 Å². The van der Waals surface area contributed by atoms with Gasteiger partial charge < -0.3 is 4.90 Å². The van der Waals surface area contributed by atoms with Gasteiger partial charge in [-0.1, -0.05) is 13.8 Å². The van der Waals surface area contributed by atoms with Gasteiger partial charge in [-0.05, 0) is 24.3 Å². The third-order valence-electron chi connectivity index (χ3n) is 3.43. The first-order valence-corrected chi connectivity index (χ1v) is 5.81. The molecular weight excluding hydrogens is 198 g/mol. The lowest BCUT2D eigenvalue weighted by atomic mass is 9.95. The second kappa shape index (κ2) is 4.52. The van der Waals surface area contributed by atoms with E-state index in [0.717, 1.165) is 30.3 Å². The lowest BCUT2D eigenvalue weighted by Gasteiger charge is -2.20. The molecule has 0 bridgehead atoms. The Balaban J connectivity index is 2.18. The van der Waals surface area contributed by atoms with Crippen molar-refractivity contribution in [3.63, 3.8) is 0 Å². The maximum atomic E-state index is 9.05. The molecule has 0 saturated carbocycles. The Labute approximate surface area is 96.7 Å². The lowest BCUT2D eigenvalue weighted by molar-refractivity contribution is 0.422. The van der Waals surface area contributed by atoms with Gasteiger partial charge in [0.1, 0.15) is 6.07 Å². The second-order valence-electron chi connectivity index (χ2n) is 4.74. The number of hydrogen-bond acceptors (Lipinski definition) is 3. The van der Waals surface area contributed by atoms with Crippen molar-refractivity contribution in [1.82, 2.24) is 4.98 Å². The van der Waals surface area contributed by atoms with Crippen LogP contribution in [0.1, 0.15) is 25.8 Å². The molecule has 1 fully saturated rings. The number of hydrogen-bond donors (Lipinski definition) is 0. The number of rotatable bonds is 2. The number of aromatic nitrogens is 1. The summed E-state index contributed by atoms with van der Waals surface area (Å²) in [6.07, 6.45) is 4.71. The Kier molecular flexibility index (Phi) is 3.09. The summed E-state index contributed by atoms with van der Waals surface area (Å²) in [5, 5.41) is 9.05. The van der Waals surface area contributed by atoms with Gasteiger partial charge in [-0.15, -0.1) is 0 Å². The molecule has 0 radical (unpaired) electrons. The Morgan fingerprint density at radius 1 is 1.56 bits per heavy atom. The summed E-state index contributed by atoms with van der Waals surface area (Å²) < 4.78 is 0. The molecule has 0 aromatic carbocycles. The van der Waals surface area contributed by atoms with Crippen LogP contribution in [-0.4, -0.2) is 18.1 Å². The molecule has 1 unspecified atom stereocenters. The van der Waals surface area contributed by atoms with Crippen molar-refractivity contribution in [3.8, 4) is 6.07 Å². The van der Waals surface area contributed by atoms with E-state index in [-0.39, 0.29) is 0 Å². The SMILES string of the molecule is CC(C)C1CCN(c2cnccc2C#N)C1. The number of anilines is 1. The largest absolute Gasteiger partial charge is 0.369 e. The predicted octanol–water partition coefficient (Wildman–Crippen LogP) is 2.44. The topological polar surface area (TPSA) is 39.9 Å². The first-order valence-electron chi connectivity index (χ1n) is 5.81. The molecule has 84 valence electrons. The Bertz CT molecular complexity index is 406. The van der Waals surface area contributed by atoms with E-state index in [1.807, 2.05) is 0 Å². The third kappa shape index (κ3) is 2.01. The minimum Gasteiger partial charge on any atom is -0.369 e. The van der Waals surface area contributed by atoms with E-state index in [1.165, 1.54) is 6.42 Å². The highest BCUT2D eigenvalue weighted by Gasteiger charge is 2.26. The number of nitriles is 1. The zero-order valence-corrected chi connectivity index (χ0v) is 9.85. The zero-order valence-electron chi connectivity index (χ0n) is 9.85. The maximum Gasteiger partial charge on any atom is 0.101 e. The van der Waals surface area contributed by atoms with Crippen LogP contribution in [0.4, 0.5) is 5.69 Å². The number of nitrogens with zero attached hydrogens (tertiary/aromatic N) is 3. The van der Waals surface area contributed by atoms with Crippen LogP contribution < -0.4 is 4.90 Å². The molecule has 2 rings (SSSR count). The third-order valence-corrected chi connectivity index (χ3v) is 3.43. The molecule has 1 aliphatic rings. The smallest absolute Gasteiger partial charge is 0.101 e. The van der Waals surface area contributed by atoms with Gasteiger partial charge in [-0.25, -0.2) is 0 Å². The van der Waals surface area contributed by atoms with Crippen molar-refractivity contribution in [3.05, 3.63) is 24.0 Å². The van der Waals surface area contributed by atoms with E-state index in [9.17, 15) is 0 Å². The fourth-order valence-electron chi connectivity index (χ4n) is 2.28. The quantitative estimate of drug-likeness (QED) is 0.760. The van der Waals surface area contributed by atoms with Gasteiger partial charge in [0, 0.05) is 19.3 Å². The van der Waals surface area contributed by atoms with Crippen molar-refractivity contribution in [1.29, 1.82) is 5.26 Å². The van der Waals surface area contributed by atoms with Crippen LogP contribution >= 0.6 is 0 Å². The van der Waals surface area contributed by atoms with Gasteiger partial charge >= 0.3 is 0 Å². The van der Waals surface area contributed by atoms with E-state index in [0.29, 0.717) is 5.92 Å². The van der Waals surface area contributed by atoms with Gasteiger partial charge in [-0.2, -0.15) is 5.26 Å². The fourth-order valence-corrected chi connectivity index (χ4v) is 2.28. The first kappa shape index (κ1) is 10.9. The summed E-state index contributed by atoms with van der Waals surface area (Å²) >= 11 is 0. The van der Waals surface area contributed by atoms with Crippen LogP contribution in [0.25, 0.3) is 0 Å². The minimum absolute atomic E-state index is 0.715. The highest BCUT2D eigenvalue weighted by atomic mass is 15.2. The highest BCUT2D eigenvalue weighted by Crippen LogP contribution is 2.29. The Morgan fingerprint density at radius 2 is 2.38 bits per heavy atom. The molecule has 1 atom stereocenters. The monoisotopic (exact) mass is 215 g/mol. The summed E-state index contributed by atoms with van der Waals surface area (Å²) in [7, 11) is 0. The summed E-state index contributed by atoms with van der Waals surface area (Å²) in [4.78, 5) is 6.40. The van der Waals surface area contributed by atoms with E-state index in [2.05, 4.69) is 29.8 Å². The van der Waals surface area contributed by atoms with Crippen molar-refractivity contribution in [2.75, 3.05) is 18.0 Å². The summed E-state index contributed by atoms with van der Waals surface area (Å²) in [5.41, 5.74) is 1.73. The van der Waals surface area contributed by atoms with E-state index in [4.69, 9.17) is 5.26 Å². The van der Waals surface area contributed by atoms with Crippen LogP contribution in [0.3, 0.4) is 0 Å². The molecule has 2 heterocycles. The molecule has 3 heteroatoms. The van der Waals surface area contributed by atoms with Gasteiger partial charge in [0.15, 0.2) is 0 Å². The highest BCUT2D eigenvalue weighted by molar-refractivity contribution is 5.58. The average Bonchev–Trinajstić information content (AvgIpc) is 2.78. The Morgan fingerprint density at radius 3 is 3.00 bits per heavy atom. The van der Waals surface area contributed by atoms with Crippen molar-refractivity contribution in [2.45, 2.75) is 20.3 Å². The van der Waals surface area contributed by atoms with Gasteiger partial charge in [0.25, 0.3) is 0 Å². The standard InChI is InChI=1S/C13H17N3/c1-10(2)12-4-6-16(9-12)13-8-15-5-3-11(13)7-14/h3,5,8,10,12H,4,6,9H2,1-2H3. The molecular formula is C13H17N3. The minimum atomic E-state index is 0.715. The molecule has 3 nitrogen and oxygen atoms in total. The van der Waals surface area contributed by atoms with Crippen molar-refractivity contribution < 1.29 is 0 Å². The maximum absolute atomic E-state index is 9.05. The average molecular weight is 215 g/mol. The molecule has 1 saturated heterocycles. The van der Waals surface area contributed by atoms with Crippen LogP contribution in [0.15, 0.2) is 18.5 Å². The molecule has 1 aliphatic heterocycles. The van der Waals surface area contributed by atoms with E-state index >= 15 is 0 Å². The summed E-state index contributed by atoms with van der Waals surface area (Å²) in [6.45, 7) is 6.63. The summed E-state index contributed by atoms with van der Waals surface area (Å²) in [6, 6.07) is 4.02.